The van der Waals surface area contributed by atoms with E-state index in [1.165, 1.54) is 11.1 Å². The molecule has 2 aromatic rings. The summed E-state index contributed by atoms with van der Waals surface area (Å²) in [5.41, 5.74) is 8.96. The number of amides is 1. The highest BCUT2D eigenvalue weighted by Gasteiger charge is 2.25. The van der Waals surface area contributed by atoms with Crippen LogP contribution in [0.4, 0.5) is 5.69 Å². The molecule has 0 saturated heterocycles. The van der Waals surface area contributed by atoms with Gasteiger partial charge in [-0.05, 0) is 54.6 Å². The van der Waals surface area contributed by atoms with Crippen LogP contribution in [-0.4, -0.2) is 12.5 Å². The van der Waals surface area contributed by atoms with Crippen LogP contribution >= 0.6 is 11.6 Å². The molecule has 2 aromatic carbocycles. The number of halogens is 1. The summed E-state index contributed by atoms with van der Waals surface area (Å²) in [5.74, 6) is -0.0991. The van der Waals surface area contributed by atoms with Crippen LogP contribution in [0.5, 0.6) is 0 Å². The van der Waals surface area contributed by atoms with E-state index in [0.29, 0.717) is 17.3 Å². The van der Waals surface area contributed by atoms with Crippen molar-refractivity contribution in [3.05, 3.63) is 64.7 Å². The van der Waals surface area contributed by atoms with Crippen molar-refractivity contribution in [3.63, 3.8) is 0 Å². The number of hydrogen-bond acceptors (Lipinski definition) is 2. The van der Waals surface area contributed by atoms with Crippen LogP contribution in [-0.2, 0) is 11.2 Å². The zero-order chi connectivity index (χ0) is 17.5. The maximum atomic E-state index is 12.7. The van der Waals surface area contributed by atoms with Crippen LogP contribution in [0.15, 0.2) is 48.5 Å². The lowest BCUT2D eigenvalue weighted by molar-refractivity contribution is -0.120. The van der Waals surface area contributed by atoms with Gasteiger partial charge in [0, 0.05) is 16.6 Å². The Labute approximate surface area is 149 Å². The molecule has 24 heavy (non-hydrogen) atoms. The molecule has 4 heteroatoms. The molecule has 0 aromatic heterocycles. The minimum Gasteiger partial charge on any atom is -0.330 e. The first-order chi connectivity index (χ1) is 11.5. The number of nitrogens with two attached hydrogens (primary N) is 1. The third-order valence-corrected chi connectivity index (χ3v) is 4.61. The van der Waals surface area contributed by atoms with Crippen molar-refractivity contribution in [1.29, 1.82) is 0 Å². The van der Waals surface area contributed by atoms with Crippen molar-refractivity contribution in [2.75, 3.05) is 11.9 Å². The maximum absolute atomic E-state index is 12.7. The number of benzene rings is 2. The topological polar surface area (TPSA) is 55.1 Å². The fourth-order valence-corrected chi connectivity index (χ4v) is 3.12. The Kier molecular flexibility index (Phi) is 6.83. The normalized spacial score (nSPS) is 13.3. The van der Waals surface area contributed by atoms with Gasteiger partial charge >= 0.3 is 0 Å². The Morgan fingerprint density at radius 3 is 2.62 bits per heavy atom. The fraction of sp³-hybridized carbons (Fsp3) is 0.350. The molecule has 2 atom stereocenters. The van der Waals surface area contributed by atoms with Crippen molar-refractivity contribution >= 4 is 23.2 Å². The number of hydrogen-bond donors (Lipinski definition) is 2. The lowest BCUT2D eigenvalue weighted by atomic mass is 9.83. The molecule has 3 N–H and O–H groups in total. The molecule has 0 bridgehead atoms. The predicted molar refractivity (Wildman–Crippen MR) is 101 cm³/mol. The lowest BCUT2D eigenvalue weighted by Crippen LogP contribution is -2.27. The summed E-state index contributed by atoms with van der Waals surface area (Å²) < 4.78 is 0. The van der Waals surface area contributed by atoms with E-state index in [9.17, 15) is 4.79 Å². The summed E-state index contributed by atoms with van der Waals surface area (Å²) >= 11 is 5.98. The van der Waals surface area contributed by atoms with Crippen molar-refractivity contribution in [2.24, 2.45) is 11.7 Å². The van der Waals surface area contributed by atoms with Crippen molar-refractivity contribution in [2.45, 2.75) is 32.6 Å². The SMILES string of the molecule is CCc1cccc(C(CCN)C(C)C(=O)Nc2cccc(Cl)c2)c1. The summed E-state index contributed by atoms with van der Waals surface area (Å²) in [7, 11) is 0. The van der Waals surface area contributed by atoms with Crippen molar-refractivity contribution in [1.82, 2.24) is 0 Å². The van der Waals surface area contributed by atoms with E-state index >= 15 is 0 Å². The number of anilines is 1. The van der Waals surface area contributed by atoms with E-state index in [1.54, 1.807) is 12.1 Å². The van der Waals surface area contributed by atoms with Crippen LogP contribution in [0.1, 0.15) is 37.3 Å². The molecule has 0 radical (unpaired) electrons. The van der Waals surface area contributed by atoms with Crippen molar-refractivity contribution < 1.29 is 4.79 Å². The summed E-state index contributed by atoms with van der Waals surface area (Å²) in [6.45, 7) is 4.64. The smallest absolute Gasteiger partial charge is 0.227 e. The summed E-state index contributed by atoms with van der Waals surface area (Å²) in [5, 5.41) is 3.56. The second-order valence-corrected chi connectivity index (χ2v) is 6.51. The highest BCUT2D eigenvalue weighted by molar-refractivity contribution is 6.30. The van der Waals surface area contributed by atoms with Crippen molar-refractivity contribution in [3.8, 4) is 0 Å². The third-order valence-electron chi connectivity index (χ3n) is 4.37. The number of carbonyl (C=O) groups is 1. The first-order valence-corrected chi connectivity index (χ1v) is 8.78. The molecule has 2 unspecified atom stereocenters. The third kappa shape index (κ3) is 4.83. The Bertz CT molecular complexity index is 687. The molecular formula is C20H25ClN2O. The number of carbonyl (C=O) groups excluding carboxylic acids is 1. The van der Waals surface area contributed by atoms with Crippen LogP contribution in [0.3, 0.4) is 0 Å². The number of rotatable bonds is 7. The Hall–Kier alpha value is -1.84. The van der Waals surface area contributed by atoms with E-state index in [1.807, 2.05) is 19.1 Å². The van der Waals surface area contributed by atoms with Gasteiger partial charge in [0.05, 0.1) is 0 Å². The molecule has 0 aliphatic carbocycles. The second-order valence-electron chi connectivity index (χ2n) is 6.07. The van der Waals surface area contributed by atoms with Crippen LogP contribution < -0.4 is 11.1 Å². The Balaban J connectivity index is 2.18. The van der Waals surface area contributed by atoms with Gasteiger partial charge in [0.25, 0.3) is 0 Å². The van der Waals surface area contributed by atoms with Gasteiger partial charge in [-0.25, -0.2) is 0 Å². The Morgan fingerprint density at radius 1 is 1.21 bits per heavy atom. The predicted octanol–water partition coefficient (Wildman–Crippen LogP) is 4.61. The molecule has 128 valence electrons. The van der Waals surface area contributed by atoms with Gasteiger partial charge in [-0.15, -0.1) is 0 Å². The van der Waals surface area contributed by atoms with E-state index in [0.717, 1.165) is 12.8 Å². The van der Waals surface area contributed by atoms with Gasteiger partial charge in [0.1, 0.15) is 0 Å². The van der Waals surface area contributed by atoms with Crippen LogP contribution in [0.2, 0.25) is 5.02 Å². The molecule has 3 nitrogen and oxygen atoms in total. The molecule has 0 saturated carbocycles. The van der Waals surface area contributed by atoms with Gasteiger partial charge in [0.2, 0.25) is 5.91 Å². The quantitative estimate of drug-likeness (QED) is 0.770. The molecule has 2 rings (SSSR count). The average Bonchev–Trinajstić information content (AvgIpc) is 2.59. The first-order valence-electron chi connectivity index (χ1n) is 8.40. The zero-order valence-corrected chi connectivity index (χ0v) is 15.0. The van der Waals surface area contributed by atoms with Crippen LogP contribution in [0.25, 0.3) is 0 Å². The highest BCUT2D eigenvalue weighted by Crippen LogP contribution is 2.30. The second kappa shape index (κ2) is 8.86. The largest absolute Gasteiger partial charge is 0.330 e. The van der Waals surface area contributed by atoms with Gasteiger partial charge < -0.3 is 11.1 Å². The lowest BCUT2D eigenvalue weighted by Gasteiger charge is -2.24. The Morgan fingerprint density at radius 2 is 1.96 bits per heavy atom. The minimum absolute atomic E-state index is 0.0161. The van der Waals surface area contributed by atoms with Gasteiger partial charge in [0.15, 0.2) is 0 Å². The average molecular weight is 345 g/mol. The molecule has 1 amide bonds. The van der Waals surface area contributed by atoms with Crippen LogP contribution in [0, 0.1) is 5.92 Å². The van der Waals surface area contributed by atoms with E-state index in [-0.39, 0.29) is 17.7 Å². The maximum Gasteiger partial charge on any atom is 0.227 e. The van der Waals surface area contributed by atoms with Gasteiger partial charge in [-0.2, -0.15) is 0 Å². The van der Waals surface area contributed by atoms with E-state index in [4.69, 9.17) is 17.3 Å². The summed E-state index contributed by atoms with van der Waals surface area (Å²) in [4.78, 5) is 12.7. The van der Waals surface area contributed by atoms with Gasteiger partial charge in [-0.1, -0.05) is 55.8 Å². The minimum atomic E-state index is -0.181. The molecule has 0 aliphatic rings. The summed E-state index contributed by atoms with van der Waals surface area (Å²) in [6, 6.07) is 15.6. The molecule has 0 aliphatic heterocycles. The highest BCUT2D eigenvalue weighted by atomic mass is 35.5. The summed E-state index contributed by atoms with van der Waals surface area (Å²) in [6.07, 6.45) is 1.75. The number of nitrogens with one attached hydrogen (secondary N) is 1. The molecular weight excluding hydrogens is 320 g/mol. The molecule has 0 fully saturated rings. The zero-order valence-electron chi connectivity index (χ0n) is 14.3. The fourth-order valence-electron chi connectivity index (χ4n) is 2.93. The molecule has 0 heterocycles. The van der Waals surface area contributed by atoms with Gasteiger partial charge in [-0.3, -0.25) is 4.79 Å². The standard InChI is InChI=1S/C20H25ClN2O/c1-3-15-6-4-7-16(12-15)19(10-11-22)14(2)20(24)23-18-9-5-8-17(21)13-18/h4-9,12-14,19H,3,10-11,22H2,1-2H3,(H,23,24). The van der Waals surface area contributed by atoms with E-state index < -0.39 is 0 Å². The van der Waals surface area contributed by atoms with E-state index in [2.05, 4.69) is 36.5 Å². The number of aryl methyl sites for hydroxylation is 1. The monoisotopic (exact) mass is 344 g/mol. The first kappa shape index (κ1) is 18.5. The molecule has 0 spiro atoms.